The highest BCUT2D eigenvalue weighted by atomic mass is 35.5. The van der Waals surface area contributed by atoms with Gasteiger partial charge in [0.2, 0.25) is 5.91 Å². The standard InChI is InChI=1S/C24H30ClN3O2/c1-2-14-28(18-23(29)26-17-19-8-10-21(25)11-9-19)22-12-15-27(16-13-22)24(30)20-6-4-3-5-7-20/h3-11,22H,2,12-18H2,1H3,(H,26,29). The number of likely N-dealkylation sites (tertiary alicyclic amines) is 1. The summed E-state index contributed by atoms with van der Waals surface area (Å²) in [6.07, 6.45) is 2.78. The van der Waals surface area contributed by atoms with Crippen molar-refractivity contribution in [1.29, 1.82) is 0 Å². The van der Waals surface area contributed by atoms with Gasteiger partial charge in [0, 0.05) is 36.3 Å². The van der Waals surface area contributed by atoms with E-state index in [-0.39, 0.29) is 11.8 Å². The van der Waals surface area contributed by atoms with E-state index in [2.05, 4.69) is 17.1 Å². The summed E-state index contributed by atoms with van der Waals surface area (Å²) in [7, 11) is 0. The van der Waals surface area contributed by atoms with Crippen molar-refractivity contribution in [1.82, 2.24) is 15.1 Å². The molecule has 5 nitrogen and oxygen atoms in total. The number of carbonyl (C=O) groups excluding carboxylic acids is 2. The summed E-state index contributed by atoms with van der Waals surface area (Å²) in [6.45, 7) is 5.35. The second kappa shape index (κ2) is 11.1. The van der Waals surface area contributed by atoms with E-state index in [4.69, 9.17) is 11.6 Å². The Morgan fingerprint density at radius 2 is 1.73 bits per heavy atom. The molecule has 1 saturated heterocycles. The van der Waals surface area contributed by atoms with E-state index in [1.54, 1.807) is 0 Å². The predicted molar refractivity (Wildman–Crippen MR) is 121 cm³/mol. The van der Waals surface area contributed by atoms with Crippen molar-refractivity contribution in [2.75, 3.05) is 26.2 Å². The summed E-state index contributed by atoms with van der Waals surface area (Å²) < 4.78 is 0. The molecule has 2 amide bonds. The molecule has 0 saturated carbocycles. The van der Waals surface area contributed by atoms with Gasteiger partial charge in [-0.05, 0) is 55.6 Å². The van der Waals surface area contributed by atoms with Gasteiger partial charge in [0.1, 0.15) is 0 Å². The molecule has 0 aliphatic carbocycles. The normalized spacial score (nSPS) is 14.7. The maximum Gasteiger partial charge on any atom is 0.253 e. The number of amides is 2. The summed E-state index contributed by atoms with van der Waals surface area (Å²) in [6, 6.07) is 17.3. The number of hydrogen-bond acceptors (Lipinski definition) is 3. The number of benzene rings is 2. The second-order valence-corrected chi connectivity index (χ2v) is 8.20. The molecular formula is C24H30ClN3O2. The Hall–Kier alpha value is -2.37. The third-order valence-corrected chi connectivity index (χ3v) is 5.80. The van der Waals surface area contributed by atoms with Gasteiger partial charge in [-0.3, -0.25) is 14.5 Å². The van der Waals surface area contributed by atoms with Gasteiger partial charge in [0.05, 0.1) is 6.54 Å². The zero-order valence-electron chi connectivity index (χ0n) is 17.5. The smallest absolute Gasteiger partial charge is 0.253 e. The third kappa shape index (κ3) is 6.31. The lowest BCUT2D eigenvalue weighted by Crippen LogP contribution is -2.49. The van der Waals surface area contributed by atoms with Crippen LogP contribution in [0.2, 0.25) is 5.02 Å². The number of nitrogens with one attached hydrogen (secondary N) is 1. The maximum atomic E-state index is 12.7. The van der Waals surface area contributed by atoms with E-state index < -0.39 is 0 Å². The van der Waals surface area contributed by atoms with Crippen LogP contribution >= 0.6 is 11.6 Å². The van der Waals surface area contributed by atoms with Crippen LogP contribution in [0.1, 0.15) is 42.1 Å². The van der Waals surface area contributed by atoms with Crippen LogP contribution in [0.4, 0.5) is 0 Å². The van der Waals surface area contributed by atoms with Crippen LogP contribution in [0.5, 0.6) is 0 Å². The summed E-state index contributed by atoms with van der Waals surface area (Å²) in [5.41, 5.74) is 1.77. The fourth-order valence-corrected chi connectivity index (χ4v) is 4.04. The third-order valence-electron chi connectivity index (χ3n) is 5.55. The van der Waals surface area contributed by atoms with Gasteiger partial charge in [-0.2, -0.15) is 0 Å². The first-order valence-corrected chi connectivity index (χ1v) is 11.0. The number of carbonyl (C=O) groups is 2. The summed E-state index contributed by atoms with van der Waals surface area (Å²) in [5, 5.41) is 3.70. The van der Waals surface area contributed by atoms with Crippen LogP contribution in [0, 0.1) is 0 Å². The van der Waals surface area contributed by atoms with Gasteiger partial charge in [-0.1, -0.05) is 48.9 Å². The Morgan fingerprint density at radius 3 is 2.37 bits per heavy atom. The highest BCUT2D eigenvalue weighted by molar-refractivity contribution is 6.30. The Labute approximate surface area is 184 Å². The van der Waals surface area contributed by atoms with Crippen molar-refractivity contribution in [2.45, 2.75) is 38.8 Å². The lowest BCUT2D eigenvalue weighted by molar-refractivity contribution is -0.123. The van der Waals surface area contributed by atoms with Gasteiger partial charge in [0.25, 0.3) is 5.91 Å². The van der Waals surface area contributed by atoms with Crippen LogP contribution in [-0.4, -0.2) is 53.8 Å². The molecule has 0 aromatic heterocycles. The highest BCUT2D eigenvalue weighted by Gasteiger charge is 2.28. The number of rotatable bonds is 8. The Balaban J connectivity index is 1.49. The average Bonchev–Trinajstić information content (AvgIpc) is 2.78. The quantitative estimate of drug-likeness (QED) is 0.693. The lowest BCUT2D eigenvalue weighted by atomic mass is 10.0. The SMILES string of the molecule is CCCN(CC(=O)NCc1ccc(Cl)cc1)C1CCN(C(=O)c2ccccc2)CC1. The molecule has 0 unspecified atom stereocenters. The topological polar surface area (TPSA) is 52.7 Å². The predicted octanol–water partition coefficient (Wildman–Crippen LogP) is 3.97. The number of piperidine rings is 1. The van der Waals surface area contributed by atoms with Crippen LogP contribution < -0.4 is 5.32 Å². The van der Waals surface area contributed by atoms with E-state index >= 15 is 0 Å². The average molecular weight is 428 g/mol. The number of halogens is 1. The van der Waals surface area contributed by atoms with Crippen molar-refractivity contribution in [3.8, 4) is 0 Å². The van der Waals surface area contributed by atoms with Gasteiger partial charge in [-0.25, -0.2) is 0 Å². The van der Waals surface area contributed by atoms with E-state index in [0.29, 0.717) is 24.2 Å². The van der Waals surface area contributed by atoms with Crippen LogP contribution in [0.25, 0.3) is 0 Å². The van der Waals surface area contributed by atoms with Gasteiger partial charge in [-0.15, -0.1) is 0 Å². The largest absolute Gasteiger partial charge is 0.351 e. The summed E-state index contributed by atoms with van der Waals surface area (Å²) in [5.74, 6) is 0.123. The molecule has 0 atom stereocenters. The molecule has 0 spiro atoms. The minimum absolute atomic E-state index is 0.0289. The zero-order valence-corrected chi connectivity index (χ0v) is 18.3. The van der Waals surface area contributed by atoms with Crippen molar-refractivity contribution in [3.63, 3.8) is 0 Å². The number of nitrogens with zero attached hydrogens (tertiary/aromatic N) is 2. The van der Waals surface area contributed by atoms with Crippen LogP contribution in [0.15, 0.2) is 54.6 Å². The van der Waals surface area contributed by atoms with Gasteiger partial charge >= 0.3 is 0 Å². The van der Waals surface area contributed by atoms with Gasteiger partial charge < -0.3 is 10.2 Å². The van der Waals surface area contributed by atoms with E-state index in [1.165, 1.54) is 0 Å². The molecule has 6 heteroatoms. The summed E-state index contributed by atoms with van der Waals surface area (Å²) in [4.78, 5) is 29.4. The molecule has 0 bridgehead atoms. The van der Waals surface area contributed by atoms with Crippen LogP contribution in [-0.2, 0) is 11.3 Å². The first-order valence-electron chi connectivity index (χ1n) is 10.7. The van der Waals surface area contributed by atoms with Gasteiger partial charge in [0.15, 0.2) is 0 Å². The number of hydrogen-bond donors (Lipinski definition) is 1. The molecule has 0 radical (unpaired) electrons. The Bertz CT molecular complexity index is 818. The van der Waals surface area contributed by atoms with E-state index in [9.17, 15) is 9.59 Å². The highest BCUT2D eigenvalue weighted by Crippen LogP contribution is 2.19. The fraction of sp³-hybridized carbons (Fsp3) is 0.417. The molecular weight excluding hydrogens is 398 g/mol. The second-order valence-electron chi connectivity index (χ2n) is 7.76. The summed E-state index contributed by atoms with van der Waals surface area (Å²) >= 11 is 5.91. The van der Waals surface area contributed by atoms with E-state index in [0.717, 1.165) is 50.0 Å². The minimum atomic E-state index is 0.0289. The minimum Gasteiger partial charge on any atom is -0.351 e. The first-order chi connectivity index (χ1) is 14.6. The Morgan fingerprint density at radius 1 is 1.07 bits per heavy atom. The van der Waals surface area contributed by atoms with Crippen molar-refractivity contribution in [2.24, 2.45) is 0 Å². The molecule has 1 N–H and O–H groups in total. The molecule has 2 aromatic rings. The van der Waals surface area contributed by atoms with E-state index in [1.807, 2.05) is 59.5 Å². The monoisotopic (exact) mass is 427 g/mol. The molecule has 2 aromatic carbocycles. The molecule has 3 rings (SSSR count). The first kappa shape index (κ1) is 22.3. The maximum absolute atomic E-state index is 12.7. The molecule has 30 heavy (non-hydrogen) atoms. The van der Waals surface area contributed by atoms with Crippen molar-refractivity contribution >= 4 is 23.4 Å². The Kier molecular flexibility index (Phi) is 8.29. The van der Waals surface area contributed by atoms with Crippen molar-refractivity contribution in [3.05, 3.63) is 70.7 Å². The molecule has 1 heterocycles. The molecule has 1 aliphatic rings. The lowest BCUT2D eigenvalue weighted by Gasteiger charge is -2.38. The van der Waals surface area contributed by atoms with Crippen LogP contribution in [0.3, 0.4) is 0 Å². The molecule has 1 fully saturated rings. The molecule has 160 valence electrons. The fourth-order valence-electron chi connectivity index (χ4n) is 3.92. The van der Waals surface area contributed by atoms with Crippen molar-refractivity contribution < 1.29 is 9.59 Å². The molecule has 1 aliphatic heterocycles. The zero-order chi connectivity index (χ0) is 21.3.